The molecule has 0 aromatic rings. The Bertz CT molecular complexity index is 317. The van der Waals surface area contributed by atoms with Crippen molar-refractivity contribution in [3.63, 3.8) is 0 Å². The van der Waals surface area contributed by atoms with Gasteiger partial charge in [-0.05, 0) is 33.6 Å². The molecule has 1 aliphatic heterocycles. The molecule has 0 radical (unpaired) electrons. The largest absolute Gasteiger partial charge is 0.444 e. The minimum absolute atomic E-state index is 0.146. The lowest BCUT2D eigenvalue weighted by Crippen LogP contribution is -2.37. The molecule has 1 amide bonds. The van der Waals surface area contributed by atoms with Crippen LogP contribution < -0.4 is 5.73 Å². The maximum atomic E-state index is 11.8. The van der Waals surface area contributed by atoms with E-state index in [0.717, 1.165) is 0 Å². The van der Waals surface area contributed by atoms with Gasteiger partial charge in [0, 0.05) is 19.1 Å². The minimum Gasteiger partial charge on any atom is -0.444 e. The summed E-state index contributed by atoms with van der Waals surface area (Å²) >= 11 is 0. The molecule has 17 heavy (non-hydrogen) atoms. The predicted octanol–water partition coefficient (Wildman–Crippen LogP) is 1.48. The van der Waals surface area contributed by atoms with Gasteiger partial charge >= 0.3 is 6.09 Å². The number of ether oxygens (including phenoxy) is 1. The average molecular weight is 239 g/mol. The van der Waals surface area contributed by atoms with Crippen molar-refractivity contribution >= 4 is 6.09 Å². The maximum Gasteiger partial charge on any atom is 0.410 e. The SMILES string of the molecule is CC(C)(C)OC(=O)N1CC[C@@H](N)[C@@H](C#N)CC1. The first-order valence-electron chi connectivity index (χ1n) is 5.96. The van der Waals surface area contributed by atoms with Crippen molar-refractivity contribution in [1.29, 1.82) is 5.26 Å². The molecule has 0 bridgehead atoms. The van der Waals surface area contributed by atoms with E-state index in [1.807, 2.05) is 20.8 Å². The second-order valence-electron chi connectivity index (χ2n) is 5.44. The molecule has 0 aliphatic carbocycles. The highest BCUT2D eigenvalue weighted by Crippen LogP contribution is 2.18. The smallest absolute Gasteiger partial charge is 0.410 e. The number of likely N-dealkylation sites (tertiary alicyclic amines) is 1. The van der Waals surface area contributed by atoms with Crippen LogP contribution in [0.1, 0.15) is 33.6 Å². The zero-order valence-corrected chi connectivity index (χ0v) is 10.8. The van der Waals surface area contributed by atoms with E-state index in [9.17, 15) is 4.79 Å². The third-order valence-electron chi connectivity index (χ3n) is 2.78. The Labute approximate surface area is 103 Å². The average Bonchev–Trinajstić information content (AvgIpc) is 2.37. The van der Waals surface area contributed by atoms with E-state index in [-0.39, 0.29) is 18.1 Å². The molecule has 5 heteroatoms. The molecule has 96 valence electrons. The normalized spacial score (nSPS) is 25.9. The highest BCUT2D eigenvalue weighted by atomic mass is 16.6. The zero-order chi connectivity index (χ0) is 13.1. The van der Waals surface area contributed by atoms with E-state index in [4.69, 9.17) is 15.7 Å². The minimum atomic E-state index is -0.486. The van der Waals surface area contributed by atoms with Gasteiger partial charge < -0.3 is 15.4 Å². The monoisotopic (exact) mass is 239 g/mol. The summed E-state index contributed by atoms with van der Waals surface area (Å²) in [6, 6.07) is 2.05. The van der Waals surface area contributed by atoms with Crippen molar-refractivity contribution in [2.45, 2.75) is 45.3 Å². The number of nitriles is 1. The van der Waals surface area contributed by atoms with Gasteiger partial charge in [0.2, 0.25) is 0 Å². The second-order valence-corrected chi connectivity index (χ2v) is 5.44. The first kappa shape index (κ1) is 13.8. The summed E-state index contributed by atoms with van der Waals surface area (Å²) < 4.78 is 5.30. The molecular weight excluding hydrogens is 218 g/mol. The summed E-state index contributed by atoms with van der Waals surface area (Å²) in [4.78, 5) is 13.5. The molecular formula is C12H21N3O2. The van der Waals surface area contributed by atoms with Crippen LogP contribution in [0.4, 0.5) is 4.79 Å². The number of hydrogen-bond donors (Lipinski definition) is 1. The van der Waals surface area contributed by atoms with Gasteiger partial charge in [0.05, 0.1) is 12.0 Å². The lowest BCUT2D eigenvalue weighted by Gasteiger charge is -2.26. The molecule has 2 atom stereocenters. The van der Waals surface area contributed by atoms with Crippen LogP contribution in [-0.4, -0.2) is 35.7 Å². The van der Waals surface area contributed by atoms with E-state index in [2.05, 4.69) is 6.07 Å². The molecule has 1 fully saturated rings. The summed E-state index contributed by atoms with van der Waals surface area (Å²) in [5.41, 5.74) is 5.39. The van der Waals surface area contributed by atoms with Crippen LogP contribution in [0.25, 0.3) is 0 Å². The van der Waals surface area contributed by atoms with Crippen LogP contribution in [0.5, 0.6) is 0 Å². The van der Waals surface area contributed by atoms with Gasteiger partial charge in [0.1, 0.15) is 5.60 Å². The third kappa shape index (κ3) is 4.23. The van der Waals surface area contributed by atoms with Crippen LogP contribution in [-0.2, 0) is 4.74 Å². The predicted molar refractivity (Wildman–Crippen MR) is 64.1 cm³/mol. The quantitative estimate of drug-likeness (QED) is 0.694. The maximum absolute atomic E-state index is 11.8. The van der Waals surface area contributed by atoms with E-state index in [1.54, 1.807) is 4.90 Å². The highest BCUT2D eigenvalue weighted by molar-refractivity contribution is 5.68. The Morgan fingerprint density at radius 3 is 2.53 bits per heavy atom. The molecule has 0 spiro atoms. The standard InChI is InChI=1S/C12H21N3O2/c1-12(2,3)17-11(16)15-6-4-9(8-13)10(14)5-7-15/h9-10H,4-7,14H2,1-3H3/t9-,10-/m1/s1. The molecule has 1 rings (SSSR count). The number of carbonyl (C=O) groups excluding carboxylic acids is 1. The fourth-order valence-electron chi connectivity index (χ4n) is 1.80. The van der Waals surface area contributed by atoms with Crippen LogP contribution in [0.15, 0.2) is 0 Å². The van der Waals surface area contributed by atoms with Crippen molar-refractivity contribution in [2.24, 2.45) is 11.7 Å². The van der Waals surface area contributed by atoms with Crippen LogP contribution in [0.2, 0.25) is 0 Å². The molecule has 2 N–H and O–H groups in total. The molecule has 0 saturated carbocycles. The van der Waals surface area contributed by atoms with Gasteiger partial charge in [-0.15, -0.1) is 0 Å². The van der Waals surface area contributed by atoms with Crippen molar-refractivity contribution < 1.29 is 9.53 Å². The number of hydrogen-bond acceptors (Lipinski definition) is 4. The van der Waals surface area contributed by atoms with Crippen molar-refractivity contribution in [3.05, 3.63) is 0 Å². The summed E-state index contributed by atoms with van der Waals surface area (Å²) in [6.45, 7) is 6.63. The van der Waals surface area contributed by atoms with Crippen LogP contribution in [0, 0.1) is 17.2 Å². The molecule has 0 unspecified atom stereocenters. The van der Waals surface area contributed by atoms with Gasteiger partial charge in [-0.25, -0.2) is 4.79 Å². The topological polar surface area (TPSA) is 79.3 Å². The van der Waals surface area contributed by atoms with E-state index >= 15 is 0 Å². The number of nitrogens with zero attached hydrogens (tertiary/aromatic N) is 2. The van der Waals surface area contributed by atoms with Gasteiger partial charge in [-0.3, -0.25) is 0 Å². The van der Waals surface area contributed by atoms with Gasteiger partial charge in [-0.2, -0.15) is 5.26 Å². The van der Waals surface area contributed by atoms with Gasteiger partial charge in [0.25, 0.3) is 0 Å². The van der Waals surface area contributed by atoms with E-state index in [0.29, 0.717) is 25.9 Å². The number of nitrogens with two attached hydrogens (primary N) is 1. The van der Waals surface area contributed by atoms with Crippen LogP contribution in [0.3, 0.4) is 0 Å². The Morgan fingerprint density at radius 1 is 1.41 bits per heavy atom. The van der Waals surface area contributed by atoms with Crippen LogP contribution >= 0.6 is 0 Å². The Balaban J connectivity index is 2.57. The van der Waals surface area contributed by atoms with Gasteiger partial charge in [0.15, 0.2) is 0 Å². The lowest BCUT2D eigenvalue weighted by molar-refractivity contribution is 0.0255. The summed E-state index contributed by atoms with van der Waals surface area (Å²) in [5.74, 6) is -0.164. The first-order valence-corrected chi connectivity index (χ1v) is 5.96. The fourth-order valence-corrected chi connectivity index (χ4v) is 1.80. The number of rotatable bonds is 0. The number of carbonyl (C=O) groups is 1. The second kappa shape index (κ2) is 5.37. The fraction of sp³-hybridized carbons (Fsp3) is 0.833. The molecule has 0 aromatic heterocycles. The summed E-state index contributed by atoms with van der Waals surface area (Å²) in [5, 5.41) is 8.93. The first-order chi connectivity index (χ1) is 7.83. The zero-order valence-electron chi connectivity index (χ0n) is 10.8. The Hall–Kier alpha value is -1.28. The summed E-state index contributed by atoms with van der Waals surface area (Å²) in [7, 11) is 0. The Morgan fingerprint density at radius 2 is 2.00 bits per heavy atom. The highest BCUT2D eigenvalue weighted by Gasteiger charge is 2.28. The van der Waals surface area contributed by atoms with Crippen molar-refractivity contribution in [3.8, 4) is 6.07 Å². The van der Waals surface area contributed by atoms with Gasteiger partial charge in [-0.1, -0.05) is 0 Å². The molecule has 1 aliphatic rings. The lowest BCUT2D eigenvalue weighted by atomic mass is 9.98. The number of amides is 1. The Kier molecular flexibility index (Phi) is 4.35. The molecule has 1 saturated heterocycles. The van der Waals surface area contributed by atoms with Crippen molar-refractivity contribution in [2.75, 3.05) is 13.1 Å². The molecule has 1 heterocycles. The molecule has 5 nitrogen and oxygen atoms in total. The van der Waals surface area contributed by atoms with E-state index in [1.165, 1.54) is 0 Å². The molecule has 0 aromatic carbocycles. The van der Waals surface area contributed by atoms with Crippen molar-refractivity contribution in [1.82, 2.24) is 4.90 Å². The third-order valence-corrected chi connectivity index (χ3v) is 2.78. The van der Waals surface area contributed by atoms with E-state index < -0.39 is 5.60 Å². The summed E-state index contributed by atoms with van der Waals surface area (Å²) in [6.07, 6.45) is 0.956.